The lowest BCUT2D eigenvalue weighted by Gasteiger charge is -2.18. The molecule has 0 spiro atoms. The van der Waals surface area contributed by atoms with Crippen LogP contribution in [-0.4, -0.2) is 31.7 Å². The van der Waals surface area contributed by atoms with Crippen molar-refractivity contribution in [3.63, 3.8) is 0 Å². The lowest BCUT2D eigenvalue weighted by atomic mass is 9.88. The van der Waals surface area contributed by atoms with E-state index in [9.17, 15) is 13.2 Å². The Morgan fingerprint density at radius 3 is 1.84 bits per heavy atom. The molecule has 3 aromatic carbocycles. The molecular weight excluding hydrogens is 408 g/mol. The van der Waals surface area contributed by atoms with Crippen LogP contribution in [-0.2, 0) is 14.8 Å². The van der Waals surface area contributed by atoms with Gasteiger partial charge in [-0.1, -0.05) is 60.7 Å². The maximum absolute atomic E-state index is 12.8. The van der Waals surface area contributed by atoms with Gasteiger partial charge < -0.3 is 5.32 Å². The molecule has 6 heteroatoms. The molecule has 0 bridgehead atoms. The van der Waals surface area contributed by atoms with Crippen molar-refractivity contribution in [3.8, 4) is 0 Å². The maximum atomic E-state index is 12.8. The fourth-order valence-electron chi connectivity index (χ4n) is 3.98. The smallest absolute Gasteiger partial charge is 0.243 e. The highest BCUT2D eigenvalue weighted by Gasteiger charge is 2.27. The lowest BCUT2D eigenvalue weighted by molar-refractivity contribution is -0.116. The number of hydrogen-bond donors (Lipinski definition) is 1. The average Bonchev–Trinajstić information content (AvgIpc) is 3.35. The number of hydrogen-bond acceptors (Lipinski definition) is 3. The Hall–Kier alpha value is -2.96. The van der Waals surface area contributed by atoms with Crippen LogP contribution in [0, 0.1) is 0 Å². The Labute approximate surface area is 183 Å². The average molecular weight is 435 g/mol. The van der Waals surface area contributed by atoms with Crippen molar-refractivity contribution in [1.29, 1.82) is 0 Å². The molecule has 1 aliphatic heterocycles. The van der Waals surface area contributed by atoms with Gasteiger partial charge in [0.15, 0.2) is 0 Å². The van der Waals surface area contributed by atoms with Gasteiger partial charge in [-0.2, -0.15) is 4.31 Å². The summed E-state index contributed by atoms with van der Waals surface area (Å²) in [5.74, 6) is -0.176. The number of rotatable bonds is 7. The number of anilines is 1. The molecule has 1 saturated heterocycles. The predicted octanol–water partition coefficient (Wildman–Crippen LogP) is 4.63. The number of carbonyl (C=O) groups is 1. The number of benzene rings is 3. The normalized spacial score (nSPS) is 14.6. The minimum absolute atomic E-state index is 0.0581. The number of carbonyl (C=O) groups excluding carboxylic acids is 1. The standard InChI is InChI=1S/C25H26N2O3S/c28-25(19-24(20-9-3-1-4-10-20)21-11-5-2-6-12-21)26-22-13-15-23(16-14-22)31(29,30)27-17-7-8-18-27/h1-6,9-16,24H,7-8,17-19H2,(H,26,28). The van der Waals surface area contributed by atoms with E-state index >= 15 is 0 Å². The molecule has 31 heavy (non-hydrogen) atoms. The number of sulfonamides is 1. The molecule has 160 valence electrons. The zero-order valence-electron chi connectivity index (χ0n) is 17.3. The zero-order chi connectivity index (χ0) is 21.7. The van der Waals surface area contributed by atoms with E-state index in [-0.39, 0.29) is 16.7 Å². The van der Waals surface area contributed by atoms with Gasteiger partial charge in [-0.25, -0.2) is 8.42 Å². The van der Waals surface area contributed by atoms with E-state index in [2.05, 4.69) is 5.32 Å². The van der Waals surface area contributed by atoms with E-state index in [1.54, 1.807) is 24.3 Å². The summed E-state index contributed by atoms with van der Waals surface area (Å²) < 4.78 is 26.9. The number of nitrogens with zero attached hydrogens (tertiary/aromatic N) is 1. The first-order valence-electron chi connectivity index (χ1n) is 10.5. The number of nitrogens with one attached hydrogen (secondary N) is 1. The van der Waals surface area contributed by atoms with Crippen molar-refractivity contribution in [2.24, 2.45) is 0 Å². The zero-order valence-corrected chi connectivity index (χ0v) is 18.1. The van der Waals surface area contributed by atoms with E-state index in [1.807, 2.05) is 60.7 Å². The molecule has 0 radical (unpaired) electrons. The first kappa shape index (κ1) is 21.3. The Bertz CT molecular complexity index is 1070. The van der Waals surface area contributed by atoms with Crippen molar-refractivity contribution in [1.82, 2.24) is 4.31 Å². The lowest BCUT2D eigenvalue weighted by Crippen LogP contribution is -2.27. The maximum Gasteiger partial charge on any atom is 0.243 e. The SMILES string of the molecule is O=C(CC(c1ccccc1)c1ccccc1)Nc1ccc(S(=O)(=O)N2CCCC2)cc1. The molecular formula is C25H26N2O3S. The van der Waals surface area contributed by atoms with Crippen LogP contribution >= 0.6 is 0 Å². The topological polar surface area (TPSA) is 66.5 Å². The van der Waals surface area contributed by atoms with Gasteiger partial charge in [-0.05, 0) is 48.2 Å². The summed E-state index contributed by atoms with van der Waals surface area (Å²) in [6.45, 7) is 1.14. The van der Waals surface area contributed by atoms with Gasteiger partial charge in [-0.15, -0.1) is 0 Å². The van der Waals surface area contributed by atoms with E-state index in [4.69, 9.17) is 0 Å². The summed E-state index contributed by atoms with van der Waals surface area (Å²) in [4.78, 5) is 13.1. The van der Waals surface area contributed by atoms with E-state index in [0.717, 1.165) is 24.0 Å². The van der Waals surface area contributed by atoms with Gasteiger partial charge >= 0.3 is 0 Å². The van der Waals surface area contributed by atoms with Gasteiger partial charge in [0.05, 0.1) is 4.90 Å². The molecule has 4 rings (SSSR count). The quantitative estimate of drug-likeness (QED) is 0.589. The first-order valence-corrected chi connectivity index (χ1v) is 12.0. The van der Waals surface area contributed by atoms with Crippen LogP contribution in [0.2, 0.25) is 0 Å². The molecule has 0 atom stereocenters. The Kier molecular flexibility index (Phi) is 6.49. The van der Waals surface area contributed by atoms with Crippen molar-refractivity contribution in [2.75, 3.05) is 18.4 Å². The number of amides is 1. The molecule has 0 aromatic heterocycles. The van der Waals surface area contributed by atoms with Gasteiger partial charge in [-0.3, -0.25) is 4.79 Å². The Morgan fingerprint density at radius 2 is 1.32 bits per heavy atom. The highest BCUT2D eigenvalue weighted by molar-refractivity contribution is 7.89. The highest BCUT2D eigenvalue weighted by Crippen LogP contribution is 2.28. The first-order chi connectivity index (χ1) is 15.0. The summed E-state index contributed by atoms with van der Waals surface area (Å²) in [7, 11) is -3.45. The highest BCUT2D eigenvalue weighted by atomic mass is 32.2. The van der Waals surface area contributed by atoms with Crippen molar-refractivity contribution >= 4 is 21.6 Å². The fraction of sp³-hybridized carbons (Fsp3) is 0.240. The van der Waals surface area contributed by atoms with Crippen LogP contribution in [0.3, 0.4) is 0 Å². The molecule has 0 unspecified atom stereocenters. The Morgan fingerprint density at radius 1 is 0.806 bits per heavy atom. The van der Waals surface area contributed by atoms with Crippen LogP contribution in [0.15, 0.2) is 89.8 Å². The van der Waals surface area contributed by atoms with Gasteiger partial charge in [0, 0.05) is 31.1 Å². The minimum atomic E-state index is -3.45. The summed E-state index contributed by atoms with van der Waals surface area (Å²) in [6.07, 6.45) is 2.09. The molecule has 1 fully saturated rings. The third-order valence-corrected chi connectivity index (χ3v) is 7.55. The summed E-state index contributed by atoms with van der Waals surface area (Å²) >= 11 is 0. The molecule has 0 aliphatic carbocycles. The Balaban J connectivity index is 1.47. The van der Waals surface area contributed by atoms with E-state index in [0.29, 0.717) is 25.2 Å². The van der Waals surface area contributed by atoms with Crippen LogP contribution in [0.25, 0.3) is 0 Å². The van der Waals surface area contributed by atoms with Gasteiger partial charge in [0.25, 0.3) is 0 Å². The van der Waals surface area contributed by atoms with E-state index < -0.39 is 10.0 Å². The van der Waals surface area contributed by atoms with Crippen LogP contribution in [0.5, 0.6) is 0 Å². The summed E-state index contributed by atoms with van der Waals surface area (Å²) in [5.41, 5.74) is 2.75. The minimum Gasteiger partial charge on any atom is -0.326 e. The predicted molar refractivity (Wildman–Crippen MR) is 122 cm³/mol. The third kappa shape index (κ3) is 5.03. The molecule has 1 heterocycles. The summed E-state index contributed by atoms with van der Waals surface area (Å²) in [5, 5.41) is 2.91. The molecule has 1 N–H and O–H groups in total. The third-order valence-electron chi connectivity index (χ3n) is 5.63. The molecule has 1 amide bonds. The largest absolute Gasteiger partial charge is 0.326 e. The monoisotopic (exact) mass is 434 g/mol. The molecule has 1 aliphatic rings. The van der Waals surface area contributed by atoms with Crippen LogP contribution in [0.4, 0.5) is 5.69 Å². The van der Waals surface area contributed by atoms with Crippen molar-refractivity contribution < 1.29 is 13.2 Å². The second-order valence-corrected chi connectivity index (χ2v) is 9.70. The summed E-state index contributed by atoms with van der Waals surface area (Å²) in [6, 6.07) is 26.4. The van der Waals surface area contributed by atoms with Crippen LogP contribution in [0.1, 0.15) is 36.3 Å². The van der Waals surface area contributed by atoms with Crippen molar-refractivity contribution in [2.45, 2.75) is 30.1 Å². The molecule has 3 aromatic rings. The second kappa shape index (κ2) is 9.45. The van der Waals surface area contributed by atoms with Crippen LogP contribution < -0.4 is 5.32 Å². The fourth-order valence-corrected chi connectivity index (χ4v) is 5.50. The van der Waals surface area contributed by atoms with Gasteiger partial charge in [0.1, 0.15) is 0 Å². The van der Waals surface area contributed by atoms with Gasteiger partial charge in [0.2, 0.25) is 15.9 Å². The molecule has 0 saturated carbocycles. The van der Waals surface area contributed by atoms with E-state index in [1.165, 1.54) is 4.31 Å². The second-order valence-electron chi connectivity index (χ2n) is 7.76. The molecule has 5 nitrogen and oxygen atoms in total. The van der Waals surface area contributed by atoms with Crippen molar-refractivity contribution in [3.05, 3.63) is 96.1 Å².